The van der Waals surface area contributed by atoms with Crippen LogP contribution >= 0.6 is 0 Å². The monoisotopic (exact) mass is 458 g/mol. The van der Waals surface area contributed by atoms with Crippen molar-refractivity contribution in [3.05, 3.63) is 54.0 Å². The van der Waals surface area contributed by atoms with Crippen LogP contribution in [0.15, 0.2) is 57.2 Å². The van der Waals surface area contributed by atoms with E-state index < -0.39 is 16.1 Å². The molecule has 32 heavy (non-hydrogen) atoms. The summed E-state index contributed by atoms with van der Waals surface area (Å²) in [7, 11) is -3.67. The van der Waals surface area contributed by atoms with Crippen molar-refractivity contribution in [3.8, 4) is 0 Å². The predicted molar refractivity (Wildman–Crippen MR) is 118 cm³/mol. The Labute approximate surface area is 186 Å². The lowest BCUT2D eigenvalue weighted by Crippen LogP contribution is -2.49. The van der Waals surface area contributed by atoms with Crippen LogP contribution in [0.5, 0.6) is 0 Å². The molecule has 1 saturated heterocycles. The zero-order valence-corrected chi connectivity index (χ0v) is 18.8. The second-order valence-electron chi connectivity index (χ2n) is 8.36. The van der Waals surface area contributed by atoms with Gasteiger partial charge in [0, 0.05) is 24.7 Å². The minimum absolute atomic E-state index is 0.0788. The summed E-state index contributed by atoms with van der Waals surface area (Å²) < 4.78 is 32.1. The number of likely N-dealkylation sites (tertiary alicyclic amines) is 1. The molecule has 0 aliphatic carbocycles. The Bertz CT molecular complexity index is 1130. The normalized spacial score (nSPS) is 20.1. The molecule has 0 spiro atoms. The van der Waals surface area contributed by atoms with Crippen molar-refractivity contribution in [2.75, 3.05) is 13.1 Å². The Morgan fingerprint density at radius 2 is 1.91 bits per heavy atom. The summed E-state index contributed by atoms with van der Waals surface area (Å²) in [5.74, 6) is -0.282. The van der Waals surface area contributed by atoms with E-state index in [0.717, 1.165) is 0 Å². The molecular weight excluding hydrogens is 432 g/mol. The van der Waals surface area contributed by atoms with Crippen molar-refractivity contribution in [3.63, 3.8) is 0 Å². The summed E-state index contributed by atoms with van der Waals surface area (Å²) in [6, 6.07) is 7.39. The Morgan fingerprint density at radius 1 is 1.19 bits per heavy atom. The van der Waals surface area contributed by atoms with Crippen LogP contribution in [-0.4, -0.2) is 56.1 Å². The highest BCUT2D eigenvalue weighted by Crippen LogP contribution is 2.24. The molecule has 2 amide bonds. The molecule has 0 bridgehead atoms. The third-order valence-electron chi connectivity index (χ3n) is 5.73. The van der Waals surface area contributed by atoms with Gasteiger partial charge in [-0.2, -0.15) is 0 Å². The van der Waals surface area contributed by atoms with Gasteiger partial charge in [0.1, 0.15) is 18.1 Å². The number of carbonyl (C=O) groups is 2. The zero-order valence-electron chi connectivity index (χ0n) is 17.9. The minimum atomic E-state index is -3.67. The van der Waals surface area contributed by atoms with Gasteiger partial charge in [-0.25, -0.2) is 8.42 Å². The quantitative estimate of drug-likeness (QED) is 0.707. The topological polar surface area (TPSA) is 121 Å². The fourth-order valence-corrected chi connectivity index (χ4v) is 5.20. The first-order valence-electron chi connectivity index (χ1n) is 10.6. The van der Waals surface area contributed by atoms with Crippen LogP contribution in [0.2, 0.25) is 0 Å². The van der Waals surface area contributed by atoms with E-state index >= 15 is 0 Å². The van der Waals surface area contributed by atoms with Gasteiger partial charge >= 0.3 is 0 Å². The standard InChI is InChI=1S/C22H26N4O5S/c1-14(2)19(24-20-17-5-3-4-6-18(17)32(29,30)25-20)21(27)23-16-7-10-26(11-8-16)22(28)15-9-12-31-13-15/h3-6,9,12-14,16,19H,7-8,10-11H2,1-2H3,(H,23,27)(H,24,25)/t19-/m0/s1. The SMILES string of the molecule is CC(C)[C@H](N=C1NS(=O)(=O)c2ccccc21)C(=O)NC1CCN(C(=O)c2ccoc2)CC1. The van der Waals surface area contributed by atoms with Crippen molar-refractivity contribution in [1.29, 1.82) is 0 Å². The lowest BCUT2D eigenvalue weighted by molar-refractivity contribution is -0.124. The summed E-state index contributed by atoms with van der Waals surface area (Å²) >= 11 is 0. The maximum atomic E-state index is 13.0. The highest BCUT2D eigenvalue weighted by molar-refractivity contribution is 7.90. The maximum Gasteiger partial charge on any atom is 0.263 e. The number of furan rings is 1. The molecule has 0 unspecified atom stereocenters. The van der Waals surface area contributed by atoms with E-state index in [4.69, 9.17) is 4.42 Å². The molecule has 0 radical (unpaired) electrons. The number of benzene rings is 1. The number of rotatable bonds is 5. The molecule has 3 heterocycles. The second-order valence-corrected chi connectivity index (χ2v) is 10.0. The molecule has 10 heteroatoms. The molecule has 2 aliphatic rings. The van der Waals surface area contributed by atoms with Gasteiger partial charge in [0.15, 0.2) is 0 Å². The second kappa shape index (κ2) is 8.78. The largest absolute Gasteiger partial charge is 0.472 e. The van der Waals surface area contributed by atoms with E-state index in [9.17, 15) is 18.0 Å². The van der Waals surface area contributed by atoms with Crippen LogP contribution < -0.4 is 10.0 Å². The number of hydrogen-bond donors (Lipinski definition) is 2. The average molecular weight is 459 g/mol. The Hall–Kier alpha value is -3.14. The van der Waals surface area contributed by atoms with Crippen LogP contribution in [-0.2, 0) is 14.8 Å². The van der Waals surface area contributed by atoms with E-state index in [0.29, 0.717) is 37.1 Å². The first kappa shape index (κ1) is 22.1. The zero-order chi connectivity index (χ0) is 22.9. The number of hydrogen-bond acceptors (Lipinski definition) is 6. The maximum absolute atomic E-state index is 13.0. The first-order chi connectivity index (χ1) is 15.3. The molecule has 4 rings (SSSR count). The van der Waals surface area contributed by atoms with Crippen molar-refractivity contribution in [2.45, 2.75) is 43.7 Å². The van der Waals surface area contributed by atoms with Crippen molar-refractivity contribution < 1.29 is 22.4 Å². The third kappa shape index (κ3) is 4.40. The first-order valence-corrected chi connectivity index (χ1v) is 12.1. The third-order valence-corrected chi connectivity index (χ3v) is 7.12. The van der Waals surface area contributed by atoms with Gasteiger partial charge in [0.05, 0.1) is 16.7 Å². The smallest absolute Gasteiger partial charge is 0.263 e. The molecule has 2 N–H and O–H groups in total. The van der Waals surface area contributed by atoms with E-state index in [1.807, 2.05) is 13.8 Å². The Balaban J connectivity index is 1.42. The van der Waals surface area contributed by atoms with Gasteiger partial charge in [0.25, 0.3) is 15.9 Å². The highest BCUT2D eigenvalue weighted by atomic mass is 32.2. The fourth-order valence-electron chi connectivity index (χ4n) is 3.96. The van der Waals surface area contributed by atoms with Gasteiger partial charge < -0.3 is 14.6 Å². The number of sulfonamides is 1. The van der Waals surface area contributed by atoms with Crippen LogP contribution in [0.25, 0.3) is 0 Å². The van der Waals surface area contributed by atoms with Crippen LogP contribution in [0.3, 0.4) is 0 Å². The molecule has 2 aliphatic heterocycles. The fraction of sp³-hybridized carbons (Fsp3) is 0.409. The van der Waals surface area contributed by atoms with Crippen LogP contribution in [0.4, 0.5) is 0 Å². The van der Waals surface area contributed by atoms with Gasteiger partial charge in [0.2, 0.25) is 5.91 Å². The molecule has 0 saturated carbocycles. The number of nitrogens with one attached hydrogen (secondary N) is 2. The number of amides is 2. The molecular formula is C22H26N4O5S. The summed E-state index contributed by atoms with van der Waals surface area (Å²) in [5, 5.41) is 3.03. The lowest BCUT2D eigenvalue weighted by Gasteiger charge is -2.33. The molecule has 1 aromatic carbocycles. The summed E-state index contributed by atoms with van der Waals surface area (Å²) in [4.78, 5) is 31.9. The van der Waals surface area contributed by atoms with Gasteiger partial charge in [-0.05, 0) is 37.0 Å². The molecule has 9 nitrogen and oxygen atoms in total. The van der Waals surface area contributed by atoms with Crippen LogP contribution in [0.1, 0.15) is 42.6 Å². The molecule has 170 valence electrons. The predicted octanol–water partition coefficient (Wildman–Crippen LogP) is 1.76. The Morgan fingerprint density at radius 3 is 2.56 bits per heavy atom. The number of fused-ring (bicyclic) bond motifs is 1. The van der Waals surface area contributed by atoms with Crippen molar-refractivity contribution in [2.24, 2.45) is 10.9 Å². The number of carbonyl (C=O) groups excluding carboxylic acids is 2. The summed E-state index contributed by atoms with van der Waals surface area (Å²) in [6.45, 7) is 4.80. The Kier molecular flexibility index (Phi) is 6.05. The van der Waals surface area contributed by atoms with Crippen molar-refractivity contribution in [1.82, 2.24) is 14.9 Å². The molecule has 1 fully saturated rings. The number of nitrogens with zero attached hydrogens (tertiary/aromatic N) is 2. The van der Waals surface area contributed by atoms with E-state index in [1.54, 1.807) is 29.2 Å². The lowest BCUT2D eigenvalue weighted by atomic mass is 10.0. The molecule has 1 atom stereocenters. The van der Waals surface area contributed by atoms with Crippen LogP contribution in [0, 0.1) is 5.92 Å². The minimum Gasteiger partial charge on any atom is -0.472 e. The molecule has 1 aromatic heterocycles. The summed E-state index contributed by atoms with van der Waals surface area (Å²) in [5.41, 5.74) is 0.986. The van der Waals surface area contributed by atoms with Crippen molar-refractivity contribution >= 4 is 27.7 Å². The van der Waals surface area contributed by atoms with E-state index in [2.05, 4.69) is 15.0 Å². The molecule has 2 aromatic rings. The van der Waals surface area contributed by atoms with E-state index in [-0.39, 0.29) is 34.5 Å². The number of aliphatic imine (C=N–C) groups is 1. The van der Waals surface area contributed by atoms with Gasteiger partial charge in [-0.1, -0.05) is 26.0 Å². The number of piperidine rings is 1. The average Bonchev–Trinajstić information content (AvgIpc) is 3.39. The van der Waals surface area contributed by atoms with Gasteiger partial charge in [-0.15, -0.1) is 0 Å². The highest BCUT2D eigenvalue weighted by Gasteiger charge is 2.33. The number of amidine groups is 1. The summed E-state index contributed by atoms with van der Waals surface area (Å²) in [6.07, 6.45) is 4.16. The van der Waals surface area contributed by atoms with E-state index in [1.165, 1.54) is 18.6 Å². The van der Waals surface area contributed by atoms with Gasteiger partial charge in [-0.3, -0.25) is 19.3 Å².